The number of benzene rings is 1. The first-order chi connectivity index (χ1) is 8.49. The molecule has 3 N–H and O–H groups in total. The number of aryl methyl sites for hydroxylation is 1. The smallest absolute Gasteiger partial charge is 0.242 e. The van der Waals surface area contributed by atoms with Gasteiger partial charge in [-0.1, -0.05) is 31.4 Å². The second-order valence-corrected chi connectivity index (χ2v) is 5.69. The lowest BCUT2D eigenvalue weighted by atomic mass is 9.76. The Kier molecular flexibility index (Phi) is 3.60. The Morgan fingerprint density at radius 2 is 2.22 bits per heavy atom. The molecule has 1 saturated carbocycles. The van der Waals surface area contributed by atoms with Crippen molar-refractivity contribution in [3.63, 3.8) is 0 Å². The van der Waals surface area contributed by atoms with Gasteiger partial charge in [-0.05, 0) is 43.9 Å². The van der Waals surface area contributed by atoms with Gasteiger partial charge in [-0.25, -0.2) is 0 Å². The molecule has 0 aromatic heterocycles. The first-order valence-electron chi connectivity index (χ1n) is 6.64. The number of primary amides is 1. The largest absolute Gasteiger partial charge is 0.371 e. The molecule has 1 aliphatic rings. The van der Waals surface area contributed by atoms with Crippen molar-refractivity contribution >= 4 is 11.6 Å². The highest BCUT2D eigenvalue weighted by Gasteiger charge is 2.35. The van der Waals surface area contributed by atoms with Crippen molar-refractivity contribution in [3.8, 4) is 0 Å². The topological polar surface area (TPSA) is 55.1 Å². The number of carbonyl (C=O) groups is 1. The molecule has 18 heavy (non-hydrogen) atoms. The molecule has 3 nitrogen and oxygen atoms in total. The fourth-order valence-electron chi connectivity index (χ4n) is 2.53. The molecule has 2 rings (SSSR count). The van der Waals surface area contributed by atoms with Crippen molar-refractivity contribution in [3.05, 3.63) is 29.8 Å². The minimum Gasteiger partial charge on any atom is -0.371 e. The average molecular weight is 246 g/mol. The van der Waals surface area contributed by atoms with Gasteiger partial charge in [0.25, 0.3) is 0 Å². The van der Waals surface area contributed by atoms with E-state index in [9.17, 15) is 4.79 Å². The second-order valence-electron chi connectivity index (χ2n) is 5.69. The van der Waals surface area contributed by atoms with E-state index in [-0.39, 0.29) is 5.91 Å². The third-order valence-corrected chi connectivity index (χ3v) is 3.90. The van der Waals surface area contributed by atoms with Crippen LogP contribution in [0.3, 0.4) is 0 Å². The van der Waals surface area contributed by atoms with E-state index < -0.39 is 5.54 Å². The summed E-state index contributed by atoms with van der Waals surface area (Å²) in [6.45, 7) is 3.95. The molecule has 98 valence electrons. The number of hydrogen-bond acceptors (Lipinski definition) is 2. The van der Waals surface area contributed by atoms with Crippen LogP contribution in [0.25, 0.3) is 0 Å². The summed E-state index contributed by atoms with van der Waals surface area (Å²) >= 11 is 0. The number of carbonyl (C=O) groups excluding carboxylic acids is 1. The van der Waals surface area contributed by atoms with Crippen molar-refractivity contribution in [1.29, 1.82) is 0 Å². The van der Waals surface area contributed by atoms with Crippen LogP contribution in [0, 0.1) is 12.8 Å². The number of nitrogens with two attached hydrogens (primary N) is 1. The lowest BCUT2D eigenvalue weighted by Gasteiger charge is -2.36. The van der Waals surface area contributed by atoms with Gasteiger partial charge in [-0.2, -0.15) is 0 Å². The van der Waals surface area contributed by atoms with Gasteiger partial charge in [0.2, 0.25) is 5.91 Å². The van der Waals surface area contributed by atoms with Gasteiger partial charge in [-0.3, -0.25) is 4.79 Å². The van der Waals surface area contributed by atoms with Crippen LogP contribution in [0.2, 0.25) is 0 Å². The predicted molar refractivity (Wildman–Crippen MR) is 74.4 cm³/mol. The Morgan fingerprint density at radius 3 is 2.72 bits per heavy atom. The van der Waals surface area contributed by atoms with Crippen LogP contribution in [-0.4, -0.2) is 11.4 Å². The van der Waals surface area contributed by atoms with E-state index in [1.54, 1.807) is 0 Å². The van der Waals surface area contributed by atoms with E-state index in [0.717, 1.165) is 12.1 Å². The monoisotopic (exact) mass is 246 g/mol. The maximum atomic E-state index is 11.7. The summed E-state index contributed by atoms with van der Waals surface area (Å²) < 4.78 is 0. The lowest BCUT2D eigenvalue weighted by Crippen LogP contribution is -2.49. The van der Waals surface area contributed by atoms with E-state index in [1.807, 2.05) is 38.1 Å². The normalized spacial score (nSPS) is 18.8. The van der Waals surface area contributed by atoms with Crippen molar-refractivity contribution in [2.45, 2.75) is 45.1 Å². The van der Waals surface area contributed by atoms with Crippen molar-refractivity contribution in [2.24, 2.45) is 11.7 Å². The quantitative estimate of drug-likeness (QED) is 0.839. The highest BCUT2D eigenvalue weighted by molar-refractivity contribution is 5.87. The Balaban J connectivity index is 2.11. The summed E-state index contributed by atoms with van der Waals surface area (Å²) in [7, 11) is 0. The van der Waals surface area contributed by atoms with Gasteiger partial charge in [-0.15, -0.1) is 0 Å². The number of amides is 1. The molecule has 1 aliphatic carbocycles. The molecule has 1 amide bonds. The molecule has 1 fully saturated rings. The van der Waals surface area contributed by atoms with E-state index in [1.165, 1.54) is 24.8 Å². The number of nitrogens with one attached hydrogen (secondary N) is 1. The van der Waals surface area contributed by atoms with E-state index in [4.69, 9.17) is 5.73 Å². The van der Waals surface area contributed by atoms with Gasteiger partial charge in [0, 0.05) is 5.69 Å². The fraction of sp³-hybridized carbons (Fsp3) is 0.533. The number of rotatable bonds is 5. The maximum absolute atomic E-state index is 11.7. The van der Waals surface area contributed by atoms with Gasteiger partial charge >= 0.3 is 0 Å². The summed E-state index contributed by atoms with van der Waals surface area (Å²) in [6, 6.07) is 8.05. The average Bonchev–Trinajstić information content (AvgIpc) is 2.23. The molecule has 1 aromatic rings. The third-order valence-electron chi connectivity index (χ3n) is 3.90. The highest BCUT2D eigenvalue weighted by atomic mass is 16.1. The number of anilines is 1. The van der Waals surface area contributed by atoms with E-state index in [0.29, 0.717) is 5.92 Å². The van der Waals surface area contributed by atoms with Gasteiger partial charge in [0.05, 0.1) is 0 Å². The summed E-state index contributed by atoms with van der Waals surface area (Å²) in [6.07, 6.45) is 4.55. The zero-order valence-electron chi connectivity index (χ0n) is 11.2. The van der Waals surface area contributed by atoms with Crippen LogP contribution in [0.1, 0.15) is 38.2 Å². The molecule has 0 aliphatic heterocycles. The van der Waals surface area contributed by atoms with Gasteiger partial charge in [0.15, 0.2) is 0 Å². The molecular weight excluding hydrogens is 224 g/mol. The first-order valence-corrected chi connectivity index (χ1v) is 6.64. The van der Waals surface area contributed by atoms with Gasteiger partial charge in [0.1, 0.15) is 5.54 Å². The molecule has 3 heteroatoms. The molecule has 1 aromatic carbocycles. The molecule has 0 heterocycles. The summed E-state index contributed by atoms with van der Waals surface area (Å²) in [4.78, 5) is 11.7. The highest BCUT2D eigenvalue weighted by Crippen LogP contribution is 2.35. The van der Waals surface area contributed by atoms with Crippen LogP contribution in [0.15, 0.2) is 24.3 Å². The molecule has 0 spiro atoms. The Labute approximate surface area is 109 Å². The standard InChI is InChI=1S/C15H22N2O/c1-11-5-3-8-13(9-11)17-15(2,14(16)18)10-12-6-4-7-12/h3,5,8-9,12,17H,4,6-7,10H2,1-2H3,(H2,16,18). The molecule has 0 radical (unpaired) electrons. The molecule has 0 saturated heterocycles. The maximum Gasteiger partial charge on any atom is 0.242 e. The van der Waals surface area contributed by atoms with Crippen LogP contribution >= 0.6 is 0 Å². The molecule has 1 unspecified atom stereocenters. The van der Waals surface area contributed by atoms with Crippen molar-refractivity contribution < 1.29 is 4.79 Å². The van der Waals surface area contributed by atoms with Crippen molar-refractivity contribution in [2.75, 3.05) is 5.32 Å². The van der Waals surface area contributed by atoms with Crippen LogP contribution in [0.5, 0.6) is 0 Å². The fourth-order valence-corrected chi connectivity index (χ4v) is 2.53. The minimum atomic E-state index is -0.640. The number of hydrogen-bond donors (Lipinski definition) is 2. The molecular formula is C15H22N2O. The summed E-state index contributed by atoms with van der Waals surface area (Å²) in [5.41, 5.74) is 7.09. The Morgan fingerprint density at radius 1 is 1.50 bits per heavy atom. The zero-order chi connectivity index (χ0) is 13.2. The predicted octanol–water partition coefficient (Wildman–Crippen LogP) is 2.84. The lowest BCUT2D eigenvalue weighted by molar-refractivity contribution is -0.122. The third kappa shape index (κ3) is 2.84. The van der Waals surface area contributed by atoms with E-state index >= 15 is 0 Å². The molecule has 0 bridgehead atoms. The van der Waals surface area contributed by atoms with E-state index in [2.05, 4.69) is 5.32 Å². The van der Waals surface area contributed by atoms with Crippen molar-refractivity contribution in [1.82, 2.24) is 0 Å². The van der Waals surface area contributed by atoms with Crippen LogP contribution in [-0.2, 0) is 4.79 Å². The second kappa shape index (κ2) is 5.01. The summed E-state index contributed by atoms with van der Waals surface area (Å²) in [5, 5.41) is 3.32. The van der Waals surface area contributed by atoms with Crippen LogP contribution in [0.4, 0.5) is 5.69 Å². The minimum absolute atomic E-state index is 0.268. The first kappa shape index (κ1) is 12.9. The molecule has 1 atom stereocenters. The summed E-state index contributed by atoms with van der Waals surface area (Å²) in [5.74, 6) is 0.371. The van der Waals surface area contributed by atoms with Crippen LogP contribution < -0.4 is 11.1 Å². The van der Waals surface area contributed by atoms with Gasteiger partial charge < -0.3 is 11.1 Å². The Bertz CT molecular complexity index is 440. The zero-order valence-corrected chi connectivity index (χ0v) is 11.2. The SMILES string of the molecule is Cc1cccc(NC(C)(CC2CCC2)C(N)=O)c1. The Hall–Kier alpha value is -1.51.